The number of aromatic nitrogens is 2. The van der Waals surface area contributed by atoms with Crippen LogP contribution in [0.1, 0.15) is 31.2 Å². The standard InChI is InChI=1S/C18H23N3O3.ClH/c1-23-16-11-15(20-21-17(16)24-2)14-7-5-13(6-8-14)12-19-18(22)9-3-4-10-18;/h5-8,11,19,22H,3-4,9-10,12H2,1-2H3;1H. The van der Waals surface area contributed by atoms with E-state index in [-0.39, 0.29) is 12.4 Å². The van der Waals surface area contributed by atoms with Crippen molar-refractivity contribution in [2.24, 2.45) is 0 Å². The van der Waals surface area contributed by atoms with Gasteiger partial charge in [-0.1, -0.05) is 24.3 Å². The molecule has 0 bridgehead atoms. The smallest absolute Gasteiger partial charge is 0.276 e. The highest BCUT2D eigenvalue weighted by Gasteiger charge is 2.29. The van der Waals surface area contributed by atoms with Gasteiger partial charge in [-0.15, -0.1) is 22.6 Å². The molecule has 1 aromatic carbocycles. The van der Waals surface area contributed by atoms with Crippen molar-refractivity contribution >= 4 is 12.4 Å². The summed E-state index contributed by atoms with van der Waals surface area (Å²) in [7, 11) is 3.11. The van der Waals surface area contributed by atoms with Crippen LogP contribution in [0.25, 0.3) is 11.3 Å². The van der Waals surface area contributed by atoms with E-state index in [9.17, 15) is 5.11 Å². The van der Waals surface area contributed by atoms with Crippen molar-refractivity contribution in [3.8, 4) is 22.9 Å². The van der Waals surface area contributed by atoms with Gasteiger partial charge in [0.2, 0.25) is 0 Å². The molecule has 3 rings (SSSR count). The molecule has 136 valence electrons. The Hall–Kier alpha value is -1.89. The second kappa shape index (κ2) is 8.47. The highest BCUT2D eigenvalue weighted by Crippen LogP contribution is 2.29. The summed E-state index contributed by atoms with van der Waals surface area (Å²) < 4.78 is 10.4. The molecule has 1 aromatic heterocycles. The maximum Gasteiger partial charge on any atom is 0.276 e. The summed E-state index contributed by atoms with van der Waals surface area (Å²) in [6.07, 6.45) is 3.82. The molecule has 0 aliphatic heterocycles. The van der Waals surface area contributed by atoms with Crippen molar-refractivity contribution in [1.29, 1.82) is 0 Å². The Morgan fingerprint density at radius 2 is 1.76 bits per heavy atom. The van der Waals surface area contributed by atoms with Gasteiger partial charge in [-0.25, -0.2) is 0 Å². The quantitative estimate of drug-likeness (QED) is 0.766. The van der Waals surface area contributed by atoms with Crippen LogP contribution in [-0.2, 0) is 6.54 Å². The Kier molecular flexibility index (Phi) is 6.58. The minimum atomic E-state index is -0.701. The molecule has 2 aromatic rings. The molecule has 1 heterocycles. The molecule has 0 atom stereocenters. The first kappa shape index (κ1) is 19.4. The highest BCUT2D eigenvalue weighted by atomic mass is 35.5. The average molecular weight is 366 g/mol. The summed E-state index contributed by atoms with van der Waals surface area (Å²) >= 11 is 0. The van der Waals surface area contributed by atoms with Crippen molar-refractivity contribution in [3.63, 3.8) is 0 Å². The number of hydrogen-bond donors (Lipinski definition) is 2. The van der Waals surface area contributed by atoms with Crippen molar-refractivity contribution in [2.45, 2.75) is 38.0 Å². The van der Waals surface area contributed by atoms with E-state index in [1.807, 2.05) is 24.3 Å². The zero-order valence-electron chi connectivity index (χ0n) is 14.5. The van der Waals surface area contributed by atoms with E-state index in [0.717, 1.165) is 42.5 Å². The van der Waals surface area contributed by atoms with Gasteiger partial charge in [0, 0.05) is 18.2 Å². The van der Waals surface area contributed by atoms with Crippen LogP contribution in [0.15, 0.2) is 30.3 Å². The number of aliphatic hydroxyl groups is 1. The van der Waals surface area contributed by atoms with Crippen LogP contribution in [-0.4, -0.2) is 35.2 Å². The van der Waals surface area contributed by atoms with Crippen molar-refractivity contribution in [2.75, 3.05) is 14.2 Å². The SMILES string of the molecule is COc1cc(-c2ccc(CNC3(O)CCCC3)cc2)nnc1OC.Cl. The predicted octanol–water partition coefficient (Wildman–Crippen LogP) is 2.93. The number of ether oxygens (including phenoxy) is 2. The molecular weight excluding hydrogens is 342 g/mol. The fourth-order valence-corrected chi connectivity index (χ4v) is 2.99. The summed E-state index contributed by atoms with van der Waals surface area (Å²) in [6, 6.07) is 9.84. The first-order chi connectivity index (χ1) is 11.6. The van der Waals surface area contributed by atoms with Gasteiger partial charge in [-0.05, 0) is 31.2 Å². The Morgan fingerprint density at radius 1 is 1.08 bits per heavy atom. The third-order valence-electron chi connectivity index (χ3n) is 4.44. The maximum atomic E-state index is 10.3. The van der Waals surface area contributed by atoms with Gasteiger partial charge >= 0.3 is 0 Å². The van der Waals surface area contributed by atoms with E-state index < -0.39 is 5.72 Å². The van der Waals surface area contributed by atoms with Crippen LogP contribution >= 0.6 is 12.4 Å². The lowest BCUT2D eigenvalue weighted by Gasteiger charge is -2.23. The molecule has 0 amide bonds. The summed E-state index contributed by atoms with van der Waals surface area (Å²) in [5.74, 6) is 0.920. The number of nitrogens with zero attached hydrogens (tertiary/aromatic N) is 2. The zero-order chi connectivity index (χ0) is 17.0. The summed E-state index contributed by atoms with van der Waals surface area (Å²) in [5.41, 5.74) is 2.09. The van der Waals surface area contributed by atoms with Crippen LogP contribution < -0.4 is 14.8 Å². The van der Waals surface area contributed by atoms with E-state index in [0.29, 0.717) is 18.2 Å². The molecule has 1 aliphatic carbocycles. The third kappa shape index (κ3) is 4.60. The molecule has 2 N–H and O–H groups in total. The van der Waals surface area contributed by atoms with Gasteiger partial charge < -0.3 is 14.6 Å². The lowest BCUT2D eigenvalue weighted by atomic mass is 10.1. The van der Waals surface area contributed by atoms with Gasteiger partial charge in [-0.3, -0.25) is 5.32 Å². The average Bonchev–Trinajstić information content (AvgIpc) is 3.07. The molecule has 0 saturated heterocycles. The first-order valence-electron chi connectivity index (χ1n) is 8.16. The van der Waals surface area contributed by atoms with Crippen molar-refractivity contribution in [3.05, 3.63) is 35.9 Å². The fraction of sp³-hybridized carbons (Fsp3) is 0.444. The van der Waals surface area contributed by atoms with Crippen molar-refractivity contribution in [1.82, 2.24) is 15.5 Å². The van der Waals surface area contributed by atoms with Gasteiger partial charge in [0.05, 0.1) is 19.9 Å². The minimum Gasteiger partial charge on any atom is -0.491 e. The van der Waals surface area contributed by atoms with Crippen LogP contribution in [0.5, 0.6) is 11.6 Å². The predicted molar refractivity (Wildman–Crippen MR) is 98.1 cm³/mol. The molecule has 1 saturated carbocycles. The molecule has 25 heavy (non-hydrogen) atoms. The van der Waals surface area contributed by atoms with Gasteiger partial charge in [0.15, 0.2) is 5.75 Å². The second-order valence-corrected chi connectivity index (χ2v) is 6.10. The largest absolute Gasteiger partial charge is 0.491 e. The molecule has 6 nitrogen and oxygen atoms in total. The number of halogens is 1. The summed E-state index contributed by atoms with van der Waals surface area (Å²) in [6.45, 7) is 0.647. The number of methoxy groups -OCH3 is 2. The number of rotatable bonds is 6. The lowest BCUT2D eigenvalue weighted by Crippen LogP contribution is -2.41. The lowest BCUT2D eigenvalue weighted by molar-refractivity contribution is 0.0104. The number of nitrogens with one attached hydrogen (secondary N) is 1. The molecule has 0 radical (unpaired) electrons. The van der Waals surface area contributed by atoms with E-state index in [4.69, 9.17) is 9.47 Å². The van der Waals surface area contributed by atoms with Gasteiger partial charge in [-0.2, -0.15) is 0 Å². The van der Waals surface area contributed by atoms with E-state index in [1.54, 1.807) is 13.2 Å². The Labute approximate surface area is 154 Å². The van der Waals surface area contributed by atoms with E-state index >= 15 is 0 Å². The molecular formula is C18H24ClN3O3. The maximum absolute atomic E-state index is 10.3. The number of hydrogen-bond acceptors (Lipinski definition) is 6. The van der Waals surface area contributed by atoms with E-state index in [1.165, 1.54) is 7.11 Å². The van der Waals surface area contributed by atoms with Gasteiger partial charge in [0.25, 0.3) is 5.88 Å². The van der Waals surface area contributed by atoms with Gasteiger partial charge in [0.1, 0.15) is 5.72 Å². The Morgan fingerprint density at radius 3 is 2.36 bits per heavy atom. The zero-order valence-corrected chi connectivity index (χ0v) is 15.3. The monoisotopic (exact) mass is 365 g/mol. The molecule has 1 aliphatic rings. The molecule has 0 unspecified atom stereocenters. The first-order valence-corrected chi connectivity index (χ1v) is 8.16. The molecule has 1 fully saturated rings. The Balaban J connectivity index is 0.00000225. The molecule has 7 heteroatoms. The second-order valence-electron chi connectivity index (χ2n) is 6.10. The fourth-order valence-electron chi connectivity index (χ4n) is 2.99. The third-order valence-corrected chi connectivity index (χ3v) is 4.44. The summed E-state index contributed by atoms with van der Waals surface area (Å²) in [5, 5.41) is 21.8. The highest BCUT2D eigenvalue weighted by molar-refractivity contribution is 5.85. The molecule has 0 spiro atoms. The van der Waals surface area contributed by atoms with Crippen LogP contribution in [0.3, 0.4) is 0 Å². The topological polar surface area (TPSA) is 76.5 Å². The van der Waals surface area contributed by atoms with Crippen LogP contribution in [0.2, 0.25) is 0 Å². The summed E-state index contributed by atoms with van der Waals surface area (Å²) in [4.78, 5) is 0. The van der Waals surface area contributed by atoms with Crippen LogP contribution in [0.4, 0.5) is 0 Å². The Bertz CT molecular complexity index is 688. The van der Waals surface area contributed by atoms with Crippen molar-refractivity contribution < 1.29 is 14.6 Å². The number of benzene rings is 1. The van der Waals surface area contributed by atoms with Crippen LogP contribution in [0, 0.1) is 0 Å². The normalized spacial score (nSPS) is 15.5. The minimum absolute atomic E-state index is 0. The van der Waals surface area contributed by atoms with E-state index in [2.05, 4.69) is 15.5 Å².